The molecule has 2 aliphatic rings. The maximum atomic E-state index is 4.42. The first-order valence-electron chi connectivity index (χ1n) is 6.90. The van der Waals surface area contributed by atoms with E-state index in [1.165, 1.54) is 25.9 Å². The van der Waals surface area contributed by atoms with E-state index in [-0.39, 0.29) is 0 Å². The number of hydrogen-bond acceptors (Lipinski definition) is 4. The number of hydrogen-bond donors (Lipinski definition) is 2. The smallest absolute Gasteiger partial charge is 0.191 e. The summed E-state index contributed by atoms with van der Waals surface area (Å²) in [7, 11) is 0. The minimum absolute atomic E-state index is 0.499. The van der Waals surface area contributed by atoms with E-state index in [1.54, 1.807) is 0 Å². The molecule has 0 aromatic heterocycles. The second-order valence-electron chi connectivity index (χ2n) is 5.98. The van der Waals surface area contributed by atoms with Crippen LogP contribution in [0.1, 0.15) is 33.1 Å². The zero-order chi connectivity index (χ0) is 12.1. The molecular weight excluding hydrogens is 212 g/mol. The van der Waals surface area contributed by atoms with E-state index in [0.29, 0.717) is 5.41 Å². The summed E-state index contributed by atoms with van der Waals surface area (Å²) in [5, 5.41) is 6.69. The minimum Gasteiger partial charge on any atom is -0.356 e. The number of rotatable bonds is 3. The van der Waals surface area contributed by atoms with E-state index in [4.69, 9.17) is 0 Å². The number of aliphatic imine (C=N–C) groups is 1. The van der Waals surface area contributed by atoms with Crippen LogP contribution in [0.15, 0.2) is 4.99 Å². The highest BCUT2D eigenvalue weighted by atomic mass is 15.2. The largest absolute Gasteiger partial charge is 0.356 e. The van der Waals surface area contributed by atoms with Crippen LogP contribution in [0.2, 0.25) is 0 Å². The van der Waals surface area contributed by atoms with E-state index >= 15 is 0 Å². The van der Waals surface area contributed by atoms with Gasteiger partial charge >= 0.3 is 0 Å². The van der Waals surface area contributed by atoms with E-state index in [9.17, 15) is 0 Å². The fraction of sp³-hybridized carbons (Fsp3) is 0.923. The molecule has 0 aromatic carbocycles. The monoisotopic (exact) mass is 238 g/mol. The first-order valence-corrected chi connectivity index (χ1v) is 6.90. The van der Waals surface area contributed by atoms with E-state index < -0.39 is 0 Å². The third-order valence-corrected chi connectivity index (χ3v) is 3.60. The Morgan fingerprint density at radius 1 is 1.41 bits per heavy atom. The molecule has 0 saturated carbocycles. The normalized spacial score (nSPS) is 24.9. The van der Waals surface area contributed by atoms with Crippen LogP contribution in [0.25, 0.3) is 0 Å². The molecule has 0 aliphatic carbocycles. The molecule has 4 heteroatoms. The van der Waals surface area contributed by atoms with Crippen molar-refractivity contribution in [1.29, 1.82) is 0 Å². The van der Waals surface area contributed by atoms with Crippen LogP contribution in [0.3, 0.4) is 0 Å². The fourth-order valence-corrected chi connectivity index (χ4v) is 2.72. The van der Waals surface area contributed by atoms with Gasteiger partial charge in [-0.1, -0.05) is 13.8 Å². The number of likely N-dealkylation sites (tertiary alicyclic amines) is 1. The lowest BCUT2D eigenvalue weighted by Crippen LogP contribution is -2.46. The van der Waals surface area contributed by atoms with E-state index in [1.807, 2.05) is 0 Å². The Labute approximate surface area is 105 Å². The molecule has 1 saturated heterocycles. The van der Waals surface area contributed by atoms with Crippen molar-refractivity contribution >= 4 is 5.96 Å². The lowest BCUT2D eigenvalue weighted by molar-refractivity contribution is 0.120. The molecule has 98 valence electrons. The summed E-state index contributed by atoms with van der Waals surface area (Å²) in [6, 6.07) is 0. The standard InChI is InChI=1S/C13H26N4/c1-13(2)5-3-9-17(11-13)10-8-16-12-14-6-4-7-15-12/h3-11H2,1-2H3,(H2,14,15,16). The van der Waals surface area contributed by atoms with Crippen LogP contribution in [0, 0.1) is 5.41 Å². The first kappa shape index (κ1) is 12.7. The van der Waals surface area contributed by atoms with Crippen LogP contribution < -0.4 is 10.6 Å². The van der Waals surface area contributed by atoms with Gasteiger partial charge in [-0.15, -0.1) is 0 Å². The summed E-state index contributed by atoms with van der Waals surface area (Å²) in [4.78, 5) is 6.99. The number of nitrogens with zero attached hydrogens (tertiary/aromatic N) is 2. The van der Waals surface area contributed by atoms with Crippen molar-refractivity contribution in [3.8, 4) is 0 Å². The quantitative estimate of drug-likeness (QED) is 0.772. The van der Waals surface area contributed by atoms with Crippen molar-refractivity contribution in [1.82, 2.24) is 15.5 Å². The van der Waals surface area contributed by atoms with Gasteiger partial charge in [0.2, 0.25) is 0 Å². The number of guanidine groups is 1. The first-order chi connectivity index (χ1) is 8.16. The topological polar surface area (TPSA) is 39.7 Å². The van der Waals surface area contributed by atoms with Gasteiger partial charge in [-0.3, -0.25) is 4.99 Å². The molecule has 1 fully saturated rings. The summed E-state index contributed by atoms with van der Waals surface area (Å²) >= 11 is 0. The second-order valence-corrected chi connectivity index (χ2v) is 5.98. The molecular formula is C13H26N4. The maximum Gasteiger partial charge on any atom is 0.191 e. The number of piperidine rings is 1. The van der Waals surface area contributed by atoms with Crippen molar-refractivity contribution in [2.24, 2.45) is 10.4 Å². The SMILES string of the molecule is CC1(C)CCCN(CCNC2=NCCCN2)C1. The average molecular weight is 238 g/mol. The molecule has 0 bridgehead atoms. The molecule has 17 heavy (non-hydrogen) atoms. The Hall–Kier alpha value is -0.770. The highest BCUT2D eigenvalue weighted by Crippen LogP contribution is 2.27. The highest BCUT2D eigenvalue weighted by Gasteiger charge is 2.25. The molecule has 0 aromatic rings. The molecule has 2 heterocycles. The minimum atomic E-state index is 0.499. The summed E-state index contributed by atoms with van der Waals surface area (Å²) in [6.07, 6.45) is 3.86. The van der Waals surface area contributed by atoms with Crippen LogP contribution >= 0.6 is 0 Å². The molecule has 0 radical (unpaired) electrons. The molecule has 0 amide bonds. The molecule has 2 aliphatic heterocycles. The van der Waals surface area contributed by atoms with Crippen LogP contribution in [0.5, 0.6) is 0 Å². The summed E-state index contributed by atoms with van der Waals surface area (Å²) < 4.78 is 0. The van der Waals surface area contributed by atoms with E-state index in [2.05, 4.69) is 34.4 Å². The van der Waals surface area contributed by atoms with Gasteiger partial charge in [-0.25, -0.2) is 0 Å². The second kappa shape index (κ2) is 5.71. The maximum absolute atomic E-state index is 4.42. The van der Waals surface area contributed by atoms with Gasteiger partial charge in [0.1, 0.15) is 0 Å². The van der Waals surface area contributed by atoms with Crippen molar-refractivity contribution in [3.63, 3.8) is 0 Å². The van der Waals surface area contributed by atoms with Crippen LogP contribution in [0.4, 0.5) is 0 Å². The van der Waals surface area contributed by atoms with Crippen molar-refractivity contribution < 1.29 is 0 Å². The Kier molecular flexibility index (Phi) is 4.26. The summed E-state index contributed by atoms with van der Waals surface area (Å²) in [5.74, 6) is 0.993. The zero-order valence-electron chi connectivity index (χ0n) is 11.3. The summed E-state index contributed by atoms with van der Waals surface area (Å²) in [5.41, 5.74) is 0.499. The van der Waals surface area contributed by atoms with Gasteiger partial charge < -0.3 is 15.5 Å². The van der Waals surface area contributed by atoms with Gasteiger partial charge in [0.15, 0.2) is 5.96 Å². The van der Waals surface area contributed by atoms with Crippen molar-refractivity contribution in [2.75, 3.05) is 39.3 Å². The highest BCUT2D eigenvalue weighted by molar-refractivity contribution is 5.80. The molecule has 0 spiro atoms. The third kappa shape index (κ3) is 4.19. The van der Waals surface area contributed by atoms with Crippen molar-refractivity contribution in [3.05, 3.63) is 0 Å². The predicted octanol–water partition coefficient (Wildman–Crippen LogP) is 1.05. The van der Waals surface area contributed by atoms with Gasteiger partial charge in [0.05, 0.1) is 0 Å². The van der Waals surface area contributed by atoms with Gasteiger partial charge in [0.25, 0.3) is 0 Å². The van der Waals surface area contributed by atoms with Gasteiger partial charge in [0, 0.05) is 32.7 Å². The Bertz CT molecular complexity index is 273. The lowest BCUT2D eigenvalue weighted by Gasteiger charge is -2.38. The van der Waals surface area contributed by atoms with Crippen molar-refractivity contribution in [2.45, 2.75) is 33.1 Å². The van der Waals surface area contributed by atoms with Crippen LogP contribution in [-0.4, -0.2) is 50.1 Å². The summed E-state index contributed by atoms with van der Waals surface area (Å²) in [6.45, 7) is 11.4. The lowest BCUT2D eigenvalue weighted by atomic mass is 9.84. The fourth-order valence-electron chi connectivity index (χ4n) is 2.72. The number of nitrogens with one attached hydrogen (secondary N) is 2. The average Bonchev–Trinajstić information content (AvgIpc) is 2.29. The molecule has 4 nitrogen and oxygen atoms in total. The Morgan fingerprint density at radius 2 is 2.29 bits per heavy atom. The third-order valence-electron chi connectivity index (χ3n) is 3.60. The molecule has 0 unspecified atom stereocenters. The van der Waals surface area contributed by atoms with Crippen LogP contribution in [-0.2, 0) is 0 Å². The molecule has 2 rings (SSSR count). The predicted molar refractivity (Wildman–Crippen MR) is 72.4 cm³/mol. The molecule has 2 N–H and O–H groups in total. The Morgan fingerprint density at radius 3 is 3.00 bits per heavy atom. The zero-order valence-corrected chi connectivity index (χ0v) is 11.3. The van der Waals surface area contributed by atoms with E-state index in [0.717, 1.165) is 38.6 Å². The van der Waals surface area contributed by atoms with Gasteiger partial charge in [-0.05, 0) is 31.2 Å². The van der Waals surface area contributed by atoms with Gasteiger partial charge in [-0.2, -0.15) is 0 Å². The Balaban J connectivity index is 1.66. The molecule has 0 atom stereocenters.